The van der Waals surface area contributed by atoms with Gasteiger partial charge in [0.15, 0.2) is 0 Å². The molecule has 5 nitrogen and oxygen atoms in total. The maximum absolute atomic E-state index is 10.6. The predicted molar refractivity (Wildman–Crippen MR) is 254 cm³/mol. The minimum Gasteiger partial charge on any atom is -0.293 e. The van der Waals surface area contributed by atoms with Crippen LogP contribution in [0.4, 0.5) is 0 Å². The van der Waals surface area contributed by atoms with Gasteiger partial charge in [0, 0.05) is 49.0 Å². The van der Waals surface area contributed by atoms with Crippen molar-refractivity contribution in [2.45, 2.75) is 0 Å². The van der Waals surface area contributed by atoms with Crippen LogP contribution in [-0.4, -0.2) is 14.1 Å². The van der Waals surface area contributed by atoms with Crippen molar-refractivity contribution >= 4 is 65.2 Å². The van der Waals surface area contributed by atoms with E-state index in [0.717, 1.165) is 110 Å². The Morgan fingerprint density at radius 1 is 0.339 bits per heavy atom. The van der Waals surface area contributed by atoms with Gasteiger partial charge in [-0.3, -0.25) is 9.13 Å². The van der Waals surface area contributed by atoms with Gasteiger partial charge in [0.05, 0.1) is 33.2 Å². The highest BCUT2D eigenvalue weighted by Gasteiger charge is 2.30. The van der Waals surface area contributed by atoms with Crippen LogP contribution >= 0.6 is 0 Å². The van der Waals surface area contributed by atoms with E-state index in [-0.39, 0.29) is 0 Å². The molecule has 12 aromatic rings. The summed E-state index contributed by atoms with van der Waals surface area (Å²) in [7, 11) is 0. The number of nitriles is 2. The van der Waals surface area contributed by atoms with Crippen molar-refractivity contribution in [1.82, 2.24) is 14.1 Å². The van der Waals surface area contributed by atoms with E-state index in [1.54, 1.807) is 6.07 Å². The van der Waals surface area contributed by atoms with E-state index in [0.29, 0.717) is 11.1 Å². The van der Waals surface area contributed by atoms with Crippen LogP contribution < -0.4 is 0 Å². The first kappa shape index (κ1) is 35.2. The molecular formula is C57H33N5. The van der Waals surface area contributed by atoms with Crippen molar-refractivity contribution in [3.05, 3.63) is 211 Å². The van der Waals surface area contributed by atoms with Gasteiger partial charge in [0.1, 0.15) is 23.8 Å². The lowest BCUT2D eigenvalue weighted by molar-refractivity contribution is 1.02. The molecule has 0 aliphatic carbocycles. The molecule has 0 atom stereocenters. The van der Waals surface area contributed by atoms with Gasteiger partial charge < -0.3 is 0 Å². The molecule has 3 heterocycles. The Balaban J connectivity index is 1.40. The fourth-order valence-electron chi connectivity index (χ4n) is 9.72. The highest BCUT2D eigenvalue weighted by molar-refractivity contribution is 6.21. The predicted octanol–water partition coefficient (Wildman–Crippen LogP) is 14.3. The number of rotatable bonds is 5. The average molecular weight is 788 g/mol. The first-order valence-corrected chi connectivity index (χ1v) is 20.7. The summed E-state index contributed by atoms with van der Waals surface area (Å²) in [6.45, 7) is 0. The van der Waals surface area contributed by atoms with Crippen molar-refractivity contribution in [2.24, 2.45) is 0 Å². The van der Waals surface area contributed by atoms with Crippen molar-refractivity contribution < 1.29 is 0 Å². The third-order valence-corrected chi connectivity index (χ3v) is 12.4. The topological polar surface area (TPSA) is 70.3 Å². The minimum atomic E-state index is 0.314. The number of para-hydroxylation sites is 2. The summed E-state index contributed by atoms with van der Waals surface area (Å²) >= 11 is 0. The molecule has 0 aliphatic heterocycles. The highest BCUT2D eigenvalue weighted by Crippen LogP contribution is 2.50. The Bertz CT molecular complexity index is 3660. The van der Waals surface area contributed by atoms with Crippen molar-refractivity contribution in [3.8, 4) is 57.2 Å². The van der Waals surface area contributed by atoms with Gasteiger partial charge in [0.25, 0.3) is 0 Å². The summed E-state index contributed by atoms with van der Waals surface area (Å²) < 4.78 is 4.72. The van der Waals surface area contributed by atoms with Crippen LogP contribution in [0.15, 0.2) is 200 Å². The Hall–Kier alpha value is -8.77. The Kier molecular flexibility index (Phi) is 7.90. The Morgan fingerprint density at radius 3 is 1.26 bits per heavy atom. The number of hydrogen-bond donors (Lipinski definition) is 0. The van der Waals surface area contributed by atoms with Crippen LogP contribution in [0.2, 0.25) is 0 Å². The molecule has 286 valence electrons. The summed E-state index contributed by atoms with van der Waals surface area (Å²) in [6.07, 6.45) is 0. The summed E-state index contributed by atoms with van der Waals surface area (Å²) in [5.41, 5.74) is 10.3. The molecule has 0 unspecified atom stereocenters. The number of benzene rings is 9. The summed E-state index contributed by atoms with van der Waals surface area (Å²) in [6, 6.07) is 74.4. The second kappa shape index (κ2) is 13.9. The van der Waals surface area contributed by atoms with Gasteiger partial charge in [-0.15, -0.1) is 0 Å². The van der Waals surface area contributed by atoms with Gasteiger partial charge in [0.2, 0.25) is 0 Å². The van der Waals surface area contributed by atoms with E-state index >= 15 is 0 Å². The van der Waals surface area contributed by atoms with Crippen molar-refractivity contribution in [2.75, 3.05) is 0 Å². The smallest absolute Gasteiger partial charge is 0.148 e. The molecule has 0 N–H and O–H groups in total. The fraction of sp³-hybridized carbons (Fsp3) is 0. The molecule has 62 heavy (non-hydrogen) atoms. The summed E-state index contributed by atoms with van der Waals surface area (Å²) in [5.74, 6) is 1.50. The maximum Gasteiger partial charge on any atom is 0.148 e. The third-order valence-electron chi connectivity index (χ3n) is 12.4. The van der Waals surface area contributed by atoms with E-state index in [9.17, 15) is 10.5 Å². The lowest BCUT2D eigenvalue weighted by Gasteiger charge is -2.25. The molecule has 0 saturated heterocycles. The number of hydrogen-bond acceptors (Lipinski definition) is 3. The molecule has 12 rings (SSSR count). The second-order valence-electron chi connectivity index (χ2n) is 15.7. The zero-order valence-electron chi connectivity index (χ0n) is 33.3. The average Bonchev–Trinajstić information content (AvgIpc) is 3.87. The normalized spacial score (nSPS) is 11.5. The molecule has 0 radical (unpaired) electrons. The van der Waals surface area contributed by atoms with Crippen LogP contribution in [-0.2, 0) is 0 Å². The molecule has 0 bridgehead atoms. The maximum atomic E-state index is 10.6. The molecule has 3 aromatic heterocycles. The number of aromatic nitrogens is 3. The van der Waals surface area contributed by atoms with Gasteiger partial charge in [-0.2, -0.15) is 10.5 Å². The second-order valence-corrected chi connectivity index (χ2v) is 15.7. The molecule has 9 aromatic carbocycles. The van der Waals surface area contributed by atoms with E-state index in [1.807, 2.05) is 24.3 Å². The standard InChI is InChI=1S/C57H33N5/c58-34-41-28-27-40(33-42(41)35-59)51-52(38-17-3-1-4-18-38)56(61-49-25-13-11-23-45(49)47-31-29-36-15-7-9-21-43(36)54(47)61)60-57(53(51)39-19-5-2-6-20-39)62-50-26-14-12-24-46(50)48-32-30-37-16-8-10-22-44(37)55(48)62/h1-33H. The van der Waals surface area contributed by atoms with E-state index in [1.165, 1.54) is 0 Å². The quantitative estimate of drug-likeness (QED) is 0.174. The van der Waals surface area contributed by atoms with Crippen LogP contribution in [0.3, 0.4) is 0 Å². The SMILES string of the molecule is N#Cc1ccc(-c2c(-c3ccccc3)c(-n3c4ccccc4c4ccc5ccccc5c43)nc(-n3c4ccccc4c4ccc5ccccc5c43)c2-c2ccccc2)cc1C#N. The monoisotopic (exact) mass is 787 g/mol. The lowest BCUT2D eigenvalue weighted by atomic mass is 9.86. The molecule has 0 fully saturated rings. The van der Waals surface area contributed by atoms with Crippen LogP contribution in [0.1, 0.15) is 11.1 Å². The Morgan fingerprint density at radius 2 is 0.774 bits per heavy atom. The van der Waals surface area contributed by atoms with Gasteiger partial charge in [-0.25, -0.2) is 4.98 Å². The first-order valence-electron chi connectivity index (χ1n) is 20.7. The first-order chi connectivity index (χ1) is 30.7. The van der Waals surface area contributed by atoms with E-state index in [2.05, 4.69) is 191 Å². The molecular weight excluding hydrogens is 755 g/mol. The largest absolute Gasteiger partial charge is 0.293 e. The lowest BCUT2D eigenvalue weighted by Crippen LogP contribution is -2.10. The van der Waals surface area contributed by atoms with Crippen LogP contribution in [0, 0.1) is 22.7 Å². The van der Waals surface area contributed by atoms with E-state index < -0.39 is 0 Å². The third kappa shape index (κ3) is 5.16. The zero-order valence-corrected chi connectivity index (χ0v) is 33.3. The molecule has 0 amide bonds. The summed E-state index contributed by atoms with van der Waals surface area (Å²) in [4.78, 5) is 6.10. The van der Waals surface area contributed by atoms with E-state index in [4.69, 9.17) is 4.98 Å². The molecule has 0 saturated carbocycles. The fourth-order valence-corrected chi connectivity index (χ4v) is 9.72. The minimum absolute atomic E-state index is 0.314. The number of fused-ring (bicyclic) bond motifs is 10. The van der Waals surface area contributed by atoms with Crippen LogP contribution in [0.5, 0.6) is 0 Å². The molecule has 0 spiro atoms. The van der Waals surface area contributed by atoms with Gasteiger partial charge >= 0.3 is 0 Å². The summed E-state index contributed by atoms with van der Waals surface area (Å²) in [5, 5.41) is 29.7. The van der Waals surface area contributed by atoms with Crippen LogP contribution in [0.25, 0.3) is 110 Å². The van der Waals surface area contributed by atoms with Gasteiger partial charge in [-0.05, 0) is 51.7 Å². The number of nitrogens with zero attached hydrogens (tertiary/aromatic N) is 5. The Labute approximate surface area is 356 Å². The van der Waals surface area contributed by atoms with Gasteiger partial charge in [-0.1, -0.05) is 176 Å². The molecule has 0 aliphatic rings. The molecule has 5 heteroatoms. The zero-order chi connectivity index (χ0) is 41.3. The number of pyridine rings is 1. The van der Waals surface area contributed by atoms with Crippen molar-refractivity contribution in [1.29, 1.82) is 10.5 Å². The van der Waals surface area contributed by atoms with Crippen molar-refractivity contribution in [3.63, 3.8) is 0 Å². The highest BCUT2D eigenvalue weighted by atomic mass is 15.1.